The molecule has 4 amide bonds. The number of fused-ring (bicyclic) bond motifs is 1. The van der Waals surface area contributed by atoms with Gasteiger partial charge in [0.05, 0.1) is 14.2 Å². The largest absolute Gasteiger partial charge is 0.493 e. The van der Waals surface area contributed by atoms with Crippen LogP contribution in [0.15, 0.2) is 36.4 Å². The predicted molar refractivity (Wildman–Crippen MR) is 113 cm³/mol. The van der Waals surface area contributed by atoms with Crippen molar-refractivity contribution in [1.82, 2.24) is 15.1 Å². The van der Waals surface area contributed by atoms with Crippen LogP contribution in [-0.4, -0.2) is 55.0 Å². The maximum absolute atomic E-state index is 13.3. The third-order valence-corrected chi connectivity index (χ3v) is 6.06. The van der Waals surface area contributed by atoms with Gasteiger partial charge < -0.3 is 19.7 Å². The second-order valence-electron chi connectivity index (χ2n) is 7.99. The van der Waals surface area contributed by atoms with E-state index in [1.54, 1.807) is 26.0 Å². The monoisotopic (exact) mass is 441 g/mol. The Morgan fingerprint density at radius 3 is 2.34 bits per heavy atom. The second kappa shape index (κ2) is 8.14. The van der Waals surface area contributed by atoms with Crippen molar-refractivity contribution in [2.24, 2.45) is 0 Å². The van der Waals surface area contributed by atoms with Crippen molar-refractivity contribution in [2.45, 2.75) is 25.4 Å². The Hall–Kier alpha value is -3.62. The average Bonchev–Trinajstić information content (AvgIpc) is 3.01. The highest BCUT2D eigenvalue weighted by Gasteiger charge is 2.49. The molecule has 168 valence electrons. The number of imide groups is 1. The van der Waals surface area contributed by atoms with Gasteiger partial charge in [-0.2, -0.15) is 0 Å². The molecule has 2 aromatic carbocycles. The average molecular weight is 441 g/mol. The lowest BCUT2D eigenvalue weighted by atomic mass is 9.92. The van der Waals surface area contributed by atoms with Gasteiger partial charge in [-0.15, -0.1) is 0 Å². The number of carbonyl (C=O) groups is 3. The summed E-state index contributed by atoms with van der Waals surface area (Å²) in [5.41, 5.74) is 1.07. The number of urea groups is 1. The summed E-state index contributed by atoms with van der Waals surface area (Å²) in [4.78, 5) is 41.1. The Morgan fingerprint density at radius 2 is 1.72 bits per heavy atom. The van der Waals surface area contributed by atoms with Crippen LogP contribution in [0, 0.1) is 5.82 Å². The molecule has 0 spiro atoms. The van der Waals surface area contributed by atoms with Gasteiger partial charge in [-0.1, -0.05) is 12.1 Å². The molecule has 0 aliphatic carbocycles. The lowest BCUT2D eigenvalue weighted by Crippen LogP contribution is -2.45. The lowest BCUT2D eigenvalue weighted by molar-refractivity contribution is -0.139. The fraction of sp³-hybridized carbons (Fsp3) is 0.348. The molecular formula is C23H24FN3O5. The van der Waals surface area contributed by atoms with Gasteiger partial charge in [-0.3, -0.25) is 14.5 Å². The summed E-state index contributed by atoms with van der Waals surface area (Å²) in [5, 5.41) is 2.63. The van der Waals surface area contributed by atoms with Crippen molar-refractivity contribution >= 4 is 17.8 Å². The molecule has 2 heterocycles. The molecule has 4 rings (SSSR count). The SMILES string of the molecule is COc1cc2c(cc1OC)CN(C(=O)CN1C(=O)NC(C)(c3ccc(F)cc3)C1=O)CC2. The first-order valence-electron chi connectivity index (χ1n) is 10.2. The van der Waals surface area contributed by atoms with Gasteiger partial charge in [0.25, 0.3) is 5.91 Å². The molecule has 1 unspecified atom stereocenters. The number of carbonyl (C=O) groups excluding carboxylic acids is 3. The van der Waals surface area contributed by atoms with E-state index in [1.807, 2.05) is 12.1 Å². The van der Waals surface area contributed by atoms with Crippen molar-refractivity contribution in [3.63, 3.8) is 0 Å². The van der Waals surface area contributed by atoms with Crippen LogP contribution in [0.5, 0.6) is 11.5 Å². The van der Waals surface area contributed by atoms with Gasteiger partial charge in [0.2, 0.25) is 5.91 Å². The second-order valence-corrected chi connectivity index (χ2v) is 7.99. The fourth-order valence-electron chi connectivity index (χ4n) is 4.15. The van der Waals surface area contributed by atoms with Crippen LogP contribution in [0.2, 0.25) is 0 Å². The molecule has 9 heteroatoms. The van der Waals surface area contributed by atoms with Gasteiger partial charge in [0.1, 0.15) is 17.9 Å². The van der Waals surface area contributed by atoms with Crippen molar-refractivity contribution in [3.05, 3.63) is 58.9 Å². The maximum Gasteiger partial charge on any atom is 0.325 e. The quantitative estimate of drug-likeness (QED) is 0.719. The molecule has 0 bridgehead atoms. The summed E-state index contributed by atoms with van der Waals surface area (Å²) in [5.74, 6) is -0.125. The smallest absolute Gasteiger partial charge is 0.325 e. The summed E-state index contributed by atoms with van der Waals surface area (Å²) < 4.78 is 24.0. The number of hydrogen-bond acceptors (Lipinski definition) is 5. The fourth-order valence-corrected chi connectivity index (χ4v) is 4.15. The normalized spacial score (nSPS) is 20.1. The summed E-state index contributed by atoms with van der Waals surface area (Å²) in [6.07, 6.45) is 0.620. The lowest BCUT2D eigenvalue weighted by Gasteiger charge is -2.30. The maximum atomic E-state index is 13.3. The zero-order valence-electron chi connectivity index (χ0n) is 18.1. The highest BCUT2D eigenvalue weighted by molar-refractivity contribution is 6.09. The van der Waals surface area contributed by atoms with Gasteiger partial charge in [-0.25, -0.2) is 9.18 Å². The van der Waals surface area contributed by atoms with Crippen molar-refractivity contribution in [2.75, 3.05) is 27.3 Å². The molecule has 2 aliphatic rings. The predicted octanol–water partition coefficient (Wildman–Crippen LogP) is 2.19. The van der Waals surface area contributed by atoms with E-state index in [4.69, 9.17) is 9.47 Å². The molecule has 0 radical (unpaired) electrons. The van der Waals surface area contributed by atoms with Crippen LogP contribution in [0.3, 0.4) is 0 Å². The summed E-state index contributed by atoms with van der Waals surface area (Å²) in [6, 6.07) is 8.43. The Bertz CT molecular complexity index is 1090. The molecule has 1 saturated heterocycles. The van der Waals surface area contributed by atoms with Crippen LogP contribution in [0.1, 0.15) is 23.6 Å². The first-order valence-corrected chi connectivity index (χ1v) is 10.2. The van der Waals surface area contributed by atoms with E-state index in [2.05, 4.69) is 5.32 Å². The Morgan fingerprint density at radius 1 is 1.09 bits per heavy atom. The van der Waals surface area contributed by atoms with Gasteiger partial charge in [0, 0.05) is 13.1 Å². The van der Waals surface area contributed by atoms with E-state index in [0.717, 1.165) is 16.0 Å². The molecule has 0 aromatic heterocycles. The van der Waals surface area contributed by atoms with Gasteiger partial charge in [0.15, 0.2) is 11.5 Å². The van der Waals surface area contributed by atoms with E-state index in [9.17, 15) is 18.8 Å². The highest BCUT2D eigenvalue weighted by Crippen LogP contribution is 2.34. The Labute approximate surface area is 184 Å². The van der Waals surface area contributed by atoms with E-state index < -0.39 is 23.3 Å². The Kier molecular flexibility index (Phi) is 5.50. The number of methoxy groups -OCH3 is 2. The van der Waals surface area contributed by atoms with Crippen LogP contribution in [0.25, 0.3) is 0 Å². The molecule has 32 heavy (non-hydrogen) atoms. The number of nitrogens with zero attached hydrogens (tertiary/aromatic N) is 2. The van der Waals surface area contributed by atoms with Gasteiger partial charge in [-0.05, 0) is 54.3 Å². The first-order chi connectivity index (χ1) is 15.3. The van der Waals surface area contributed by atoms with Crippen LogP contribution in [0.4, 0.5) is 9.18 Å². The number of hydrogen-bond donors (Lipinski definition) is 1. The van der Waals surface area contributed by atoms with Gasteiger partial charge >= 0.3 is 6.03 Å². The summed E-state index contributed by atoms with van der Waals surface area (Å²) >= 11 is 0. The van der Waals surface area contributed by atoms with Crippen molar-refractivity contribution in [3.8, 4) is 11.5 Å². The third-order valence-electron chi connectivity index (χ3n) is 6.06. The molecule has 1 N–H and O–H groups in total. The first kappa shape index (κ1) is 21.6. The number of rotatable bonds is 5. The molecule has 2 aromatic rings. The van der Waals surface area contributed by atoms with Crippen molar-refractivity contribution in [1.29, 1.82) is 0 Å². The number of ether oxygens (including phenoxy) is 2. The van der Waals surface area contributed by atoms with Crippen molar-refractivity contribution < 1.29 is 28.2 Å². The minimum absolute atomic E-state index is 0.336. The summed E-state index contributed by atoms with van der Waals surface area (Å²) in [6.45, 7) is 1.97. The zero-order valence-corrected chi connectivity index (χ0v) is 18.1. The van der Waals surface area contributed by atoms with E-state index >= 15 is 0 Å². The molecule has 2 aliphatic heterocycles. The number of nitrogens with one attached hydrogen (secondary N) is 1. The number of amides is 4. The van der Waals surface area contributed by atoms with Crippen LogP contribution >= 0.6 is 0 Å². The Balaban J connectivity index is 1.49. The molecule has 1 atom stereocenters. The topological polar surface area (TPSA) is 88.2 Å². The van der Waals surface area contributed by atoms with E-state index in [-0.39, 0.29) is 12.5 Å². The molecule has 8 nitrogen and oxygen atoms in total. The van der Waals surface area contributed by atoms with Crippen LogP contribution in [-0.2, 0) is 28.1 Å². The third kappa shape index (κ3) is 3.63. The standard InChI is InChI=1S/C23H24FN3O5/c1-23(16-4-6-17(24)7-5-16)21(29)27(22(30)25-23)13-20(28)26-9-8-14-10-18(31-2)19(32-3)11-15(14)12-26/h4-7,10-11H,8-9,12-13H2,1-3H3,(H,25,30). The van der Waals surface area contributed by atoms with E-state index in [0.29, 0.717) is 36.6 Å². The number of benzene rings is 2. The van der Waals surface area contributed by atoms with Crippen LogP contribution < -0.4 is 14.8 Å². The molecule has 0 saturated carbocycles. The van der Waals surface area contributed by atoms with E-state index in [1.165, 1.54) is 24.3 Å². The highest BCUT2D eigenvalue weighted by atomic mass is 19.1. The molecule has 1 fully saturated rings. The minimum atomic E-state index is -1.36. The summed E-state index contributed by atoms with van der Waals surface area (Å²) in [7, 11) is 3.12. The zero-order chi connectivity index (χ0) is 23.0. The minimum Gasteiger partial charge on any atom is -0.493 e. The number of halogens is 1. The molecular weight excluding hydrogens is 417 g/mol.